The fraction of sp³-hybridized carbons (Fsp3) is 1.00. The largest absolute Gasteiger partial charge is 0.612 e. The average molecular weight is 352 g/mol. The molecule has 0 aromatic carbocycles. The Kier molecular flexibility index (Phi) is 8.03. The molecular formula is C14H33N4O4P-2. The second kappa shape index (κ2) is 7.99. The summed E-state index contributed by atoms with van der Waals surface area (Å²) in [5, 5.41) is 11.0. The number of methoxy groups -OCH3 is 1. The molecule has 0 heterocycles. The van der Waals surface area contributed by atoms with Gasteiger partial charge in [-0.3, -0.25) is 10.0 Å². The number of hydrogen-bond donors (Lipinski definition) is 2. The first-order chi connectivity index (χ1) is 10.1. The summed E-state index contributed by atoms with van der Waals surface area (Å²) < 4.78 is 11.4. The Bertz CT molecular complexity index is 378. The molecule has 0 spiro atoms. The number of rotatable bonds is 10. The molecule has 0 bridgehead atoms. The van der Waals surface area contributed by atoms with E-state index in [4.69, 9.17) is 14.3 Å². The summed E-state index contributed by atoms with van der Waals surface area (Å²) in [4.78, 5) is 6.92. The van der Waals surface area contributed by atoms with E-state index in [2.05, 4.69) is 20.3 Å². The number of hydroxylamine groups is 2. The third-order valence-corrected chi connectivity index (χ3v) is 4.26. The average Bonchev–Trinajstić information content (AvgIpc) is 2.42. The summed E-state index contributed by atoms with van der Waals surface area (Å²) in [5.41, 5.74) is 3.49. The van der Waals surface area contributed by atoms with Crippen LogP contribution in [0.15, 0.2) is 0 Å². The maximum absolute atomic E-state index is 10.2. The van der Waals surface area contributed by atoms with Crippen LogP contribution in [0.4, 0.5) is 0 Å². The molecular weight excluding hydrogens is 319 g/mol. The van der Waals surface area contributed by atoms with Gasteiger partial charge in [0.25, 0.3) is 0 Å². The van der Waals surface area contributed by atoms with Gasteiger partial charge in [0.05, 0.1) is 5.60 Å². The Hall–Kier alpha value is 0.110. The second-order valence-corrected chi connectivity index (χ2v) is 7.67. The zero-order valence-electron chi connectivity index (χ0n) is 16.0. The Morgan fingerprint density at radius 3 is 1.87 bits per heavy atom. The quantitative estimate of drug-likeness (QED) is 0.355. The van der Waals surface area contributed by atoms with Crippen LogP contribution in [-0.2, 0) is 14.3 Å². The molecule has 0 rings (SSSR count). The van der Waals surface area contributed by atoms with E-state index in [1.165, 1.54) is 7.05 Å². The Labute approximate surface area is 142 Å². The summed E-state index contributed by atoms with van der Waals surface area (Å²) in [6, 6.07) is 0. The third kappa shape index (κ3) is 6.49. The van der Waals surface area contributed by atoms with Crippen LogP contribution in [0.2, 0.25) is 0 Å². The van der Waals surface area contributed by atoms with E-state index in [0.29, 0.717) is 0 Å². The van der Waals surface area contributed by atoms with Crippen molar-refractivity contribution in [3.05, 3.63) is 5.43 Å². The minimum Gasteiger partial charge on any atom is -0.612 e. The van der Waals surface area contributed by atoms with Crippen LogP contribution >= 0.6 is 9.39 Å². The van der Waals surface area contributed by atoms with Crippen LogP contribution in [0.25, 0.3) is 5.43 Å². The van der Waals surface area contributed by atoms with E-state index in [1.54, 1.807) is 21.0 Å². The van der Waals surface area contributed by atoms with Gasteiger partial charge in [-0.15, -0.1) is 5.17 Å². The molecule has 0 aromatic rings. The molecule has 0 aliphatic rings. The molecule has 8 nitrogen and oxygen atoms in total. The van der Waals surface area contributed by atoms with Crippen LogP contribution < -0.4 is 5.48 Å². The fourth-order valence-corrected chi connectivity index (χ4v) is 1.76. The molecule has 0 fully saturated rings. The van der Waals surface area contributed by atoms with Crippen molar-refractivity contribution in [2.45, 2.75) is 78.0 Å². The van der Waals surface area contributed by atoms with E-state index in [1.807, 2.05) is 41.5 Å². The number of ether oxygens (including phenoxy) is 2. The van der Waals surface area contributed by atoms with Gasteiger partial charge in [-0.2, -0.15) is 12.5 Å². The molecule has 0 saturated heterocycles. The number of nitrogens with one attached hydrogen (secondary N) is 1. The SMILES string of the molecule is C[N-]N([PH-])N(O)C(C)(C)OC(C)(C)C(C)(C)ONC(C)(C)OC. The zero-order chi connectivity index (χ0) is 18.7. The van der Waals surface area contributed by atoms with E-state index in [-0.39, 0.29) is 0 Å². The highest BCUT2D eigenvalue weighted by molar-refractivity contribution is 7.13. The lowest BCUT2D eigenvalue weighted by molar-refractivity contribution is -0.370. The summed E-state index contributed by atoms with van der Waals surface area (Å²) in [6.07, 6.45) is 0. The topological polar surface area (TPSA) is 80.5 Å². The molecule has 0 amide bonds. The molecule has 0 radical (unpaired) electrons. The fourth-order valence-electron chi connectivity index (χ4n) is 1.52. The Morgan fingerprint density at radius 1 is 1.00 bits per heavy atom. The predicted octanol–water partition coefficient (Wildman–Crippen LogP) is 3.08. The van der Waals surface area contributed by atoms with Gasteiger partial charge in [-0.25, -0.2) is 0 Å². The first kappa shape index (κ1) is 23.1. The van der Waals surface area contributed by atoms with Crippen LogP contribution in [0, 0.1) is 0 Å². The molecule has 2 N–H and O–H groups in total. The number of hydrogen-bond acceptors (Lipinski definition) is 7. The lowest BCUT2D eigenvalue weighted by Crippen LogP contribution is -2.61. The first-order valence-corrected chi connectivity index (χ1v) is 7.87. The van der Waals surface area contributed by atoms with Crippen molar-refractivity contribution >= 4 is 9.39 Å². The molecule has 23 heavy (non-hydrogen) atoms. The minimum atomic E-state index is -1.07. The van der Waals surface area contributed by atoms with Gasteiger partial charge in [0.15, 0.2) is 0 Å². The summed E-state index contributed by atoms with van der Waals surface area (Å²) in [6.45, 7) is 14.7. The third-order valence-electron chi connectivity index (χ3n) is 3.87. The minimum absolute atomic E-state index is 0.640. The highest BCUT2D eigenvalue weighted by Gasteiger charge is 2.45. The summed E-state index contributed by atoms with van der Waals surface area (Å²) in [5.74, 6) is 0. The van der Waals surface area contributed by atoms with Gasteiger partial charge in [0.2, 0.25) is 0 Å². The monoisotopic (exact) mass is 352 g/mol. The lowest BCUT2D eigenvalue weighted by Gasteiger charge is -2.55. The standard InChI is InChI=1S/C14H33N4O4P/c1-11(2,12(3,4)22-16-13(5,6)20-10)21-14(7,8)17(19)18(23)15-9/h16,19,23H,1-10H3/q-2. The molecule has 9 heteroatoms. The Morgan fingerprint density at radius 2 is 1.48 bits per heavy atom. The molecule has 140 valence electrons. The van der Waals surface area contributed by atoms with E-state index in [9.17, 15) is 5.21 Å². The zero-order valence-corrected chi connectivity index (χ0v) is 17.0. The maximum atomic E-state index is 10.2. The van der Waals surface area contributed by atoms with Crippen molar-refractivity contribution in [2.24, 2.45) is 0 Å². The van der Waals surface area contributed by atoms with Crippen LogP contribution in [0.1, 0.15) is 55.4 Å². The van der Waals surface area contributed by atoms with Crippen molar-refractivity contribution in [3.8, 4) is 0 Å². The molecule has 0 unspecified atom stereocenters. The summed E-state index contributed by atoms with van der Waals surface area (Å²) in [7, 11) is 6.28. The van der Waals surface area contributed by atoms with E-state index in [0.717, 1.165) is 10.1 Å². The predicted molar refractivity (Wildman–Crippen MR) is 91.7 cm³/mol. The van der Waals surface area contributed by atoms with Gasteiger partial charge in [0.1, 0.15) is 17.1 Å². The van der Waals surface area contributed by atoms with E-state index >= 15 is 0 Å². The van der Waals surface area contributed by atoms with Crippen LogP contribution in [0.3, 0.4) is 0 Å². The number of hydrazine groups is 1. The van der Waals surface area contributed by atoms with Crippen LogP contribution in [0.5, 0.6) is 0 Å². The normalized spacial score (nSPS) is 14.9. The van der Waals surface area contributed by atoms with Crippen LogP contribution in [-0.4, -0.2) is 52.1 Å². The smallest absolute Gasteiger partial charge is 0.150 e. The molecule has 0 aromatic heterocycles. The highest BCUT2D eigenvalue weighted by atomic mass is 31.0. The molecule has 0 saturated carbocycles. The molecule has 0 aliphatic heterocycles. The lowest BCUT2D eigenvalue weighted by atomic mass is 9.89. The van der Waals surface area contributed by atoms with E-state index < -0.39 is 22.7 Å². The maximum Gasteiger partial charge on any atom is 0.150 e. The van der Waals surface area contributed by atoms with Gasteiger partial charge in [0, 0.05) is 7.11 Å². The number of nitrogens with zero attached hydrogens (tertiary/aromatic N) is 3. The van der Waals surface area contributed by atoms with Gasteiger partial charge in [-0.05, 0) is 55.4 Å². The van der Waals surface area contributed by atoms with Crippen molar-refractivity contribution in [2.75, 3.05) is 14.2 Å². The van der Waals surface area contributed by atoms with Gasteiger partial charge in [-0.1, -0.05) is 0 Å². The van der Waals surface area contributed by atoms with Crippen molar-refractivity contribution in [3.63, 3.8) is 0 Å². The molecule has 0 atom stereocenters. The van der Waals surface area contributed by atoms with Crippen molar-refractivity contribution < 1.29 is 19.5 Å². The first-order valence-electron chi connectivity index (χ1n) is 7.42. The summed E-state index contributed by atoms with van der Waals surface area (Å²) >= 11 is 0. The van der Waals surface area contributed by atoms with Crippen molar-refractivity contribution in [1.29, 1.82) is 0 Å². The highest BCUT2D eigenvalue weighted by Crippen LogP contribution is 2.35. The van der Waals surface area contributed by atoms with Crippen molar-refractivity contribution in [1.82, 2.24) is 15.5 Å². The van der Waals surface area contributed by atoms with Gasteiger partial charge >= 0.3 is 0 Å². The van der Waals surface area contributed by atoms with Gasteiger partial charge < -0.3 is 29.2 Å². The Balaban J connectivity index is 5.08. The second-order valence-electron chi connectivity index (χ2n) is 7.27. The molecule has 0 aliphatic carbocycles.